The van der Waals surface area contributed by atoms with Gasteiger partial charge in [-0.3, -0.25) is 16.3 Å². The smallest absolute Gasteiger partial charge is 0.122 e. The number of methoxy groups -OCH3 is 1. The third kappa shape index (κ3) is 3.56. The van der Waals surface area contributed by atoms with Crippen LogP contribution in [-0.4, -0.2) is 12.1 Å². The van der Waals surface area contributed by atoms with Gasteiger partial charge in [0, 0.05) is 10.7 Å². The summed E-state index contributed by atoms with van der Waals surface area (Å²) < 4.78 is 6.35. The number of aryl methyl sites for hydroxylation is 1. The Balaban J connectivity index is 2.26. The summed E-state index contributed by atoms with van der Waals surface area (Å²) in [4.78, 5) is 4.39. The second kappa shape index (κ2) is 6.83. The van der Waals surface area contributed by atoms with E-state index in [0.29, 0.717) is 0 Å². The molecule has 0 spiro atoms. The van der Waals surface area contributed by atoms with Gasteiger partial charge < -0.3 is 4.74 Å². The van der Waals surface area contributed by atoms with Crippen LogP contribution in [0, 0.1) is 6.92 Å². The number of hydrogen-bond acceptors (Lipinski definition) is 4. The zero-order chi connectivity index (χ0) is 14.5. The molecule has 1 heterocycles. The van der Waals surface area contributed by atoms with Crippen LogP contribution < -0.4 is 16.0 Å². The van der Waals surface area contributed by atoms with Crippen LogP contribution in [0.15, 0.2) is 41.0 Å². The Labute approximate surface area is 127 Å². The Morgan fingerprint density at radius 3 is 2.75 bits per heavy atom. The van der Waals surface area contributed by atoms with Gasteiger partial charge in [0.25, 0.3) is 0 Å². The standard InChI is InChI=1S/C15H18BrN3O/c1-10-3-6-15(20-2)11(7-10)8-14(19-17)13-5-4-12(16)9-18-13/h3-7,9,14,19H,8,17H2,1-2H3. The summed E-state index contributed by atoms with van der Waals surface area (Å²) in [6, 6.07) is 9.98. The van der Waals surface area contributed by atoms with Gasteiger partial charge in [0.15, 0.2) is 0 Å². The number of halogens is 1. The Hall–Kier alpha value is -1.43. The zero-order valence-corrected chi connectivity index (χ0v) is 13.1. The maximum Gasteiger partial charge on any atom is 0.122 e. The molecule has 2 rings (SSSR count). The molecule has 2 aromatic rings. The minimum atomic E-state index is -0.0567. The maximum atomic E-state index is 5.68. The Bertz CT molecular complexity index is 572. The van der Waals surface area contributed by atoms with E-state index in [0.717, 1.165) is 27.9 Å². The minimum absolute atomic E-state index is 0.0567. The van der Waals surface area contributed by atoms with Crippen LogP contribution in [-0.2, 0) is 6.42 Å². The molecule has 0 aliphatic rings. The van der Waals surface area contributed by atoms with Crippen molar-refractivity contribution in [1.82, 2.24) is 10.4 Å². The second-order valence-electron chi connectivity index (χ2n) is 4.64. The lowest BCUT2D eigenvalue weighted by Crippen LogP contribution is -2.30. The van der Waals surface area contributed by atoms with Crippen LogP contribution in [0.4, 0.5) is 0 Å². The third-order valence-corrected chi connectivity index (χ3v) is 3.64. The molecule has 0 radical (unpaired) electrons. The predicted octanol–water partition coefficient (Wildman–Crippen LogP) is 2.91. The van der Waals surface area contributed by atoms with E-state index in [-0.39, 0.29) is 6.04 Å². The van der Waals surface area contributed by atoms with Crippen LogP contribution >= 0.6 is 15.9 Å². The van der Waals surface area contributed by atoms with Crippen molar-refractivity contribution >= 4 is 15.9 Å². The summed E-state index contributed by atoms with van der Waals surface area (Å²) in [5, 5.41) is 0. The largest absolute Gasteiger partial charge is 0.496 e. The fourth-order valence-corrected chi connectivity index (χ4v) is 2.36. The van der Waals surface area contributed by atoms with Crippen molar-refractivity contribution in [3.63, 3.8) is 0 Å². The van der Waals surface area contributed by atoms with Crippen molar-refractivity contribution < 1.29 is 4.74 Å². The first-order chi connectivity index (χ1) is 9.63. The summed E-state index contributed by atoms with van der Waals surface area (Å²) >= 11 is 3.38. The third-order valence-electron chi connectivity index (χ3n) is 3.17. The van der Waals surface area contributed by atoms with Crippen molar-refractivity contribution in [3.8, 4) is 5.75 Å². The Morgan fingerprint density at radius 1 is 1.35 bits per heavy atom. The Kier molecular flexibility index (Phi) is 5.11. The van der Waals surface area contributed by atoms with Crippen molar-refractivity contribution in [3.05, 3.63) is 57.8 Å². The van der Waals surface area contributed by atoms with Gasteiger partial charge in [-0.25, -0.2) is 0 Å². The molecule has 0 fully saturated rings. The summed E-state index contributed by atoms with van der Waals surface area (Å²) in [6.45, 7) is 2.06. The number of nitrogens with two attached hydrogens (primary N) is 1. The van der Waals surface area contributed by atoms with Crippen LogP contribution in [0.25, 0.3) is 0 Å². The van der Waals surface area contributed by atoms with Crippen molar-refractivity contribution in [2.75, 3.05) is 7.11 Å². The molecule has 1 atom stereocenters. The number of aromatic nitrogens is 1. The first-order valence-corrected chi connectivity index (χ1v) is 7.14. The van der Waals surface area contributed by atoms with Crippen LogP contribution in [0.2, 0.25) is 0 Å². The fraction of sp³-hybridized carbons (Fsp3) is 0.267. The van der Waals surface area contributed by atoms with Gasteiger partial charge in [0.2, 0.25) is 0 Å². The van der Waals surface area contributed by atoms with Gasteiger partial charge >= 0.3 is 0 Å². The normalized spacial score (nSPS) is 12.2. The van der Waals surface area contributed by atoms with E-state index in [2.05, 4.69) is 39.3 Å². The molecule has 0 amide bonds. The zero-order valence-electron chi connectivity index (χ0n) is 11.6. The number of hydrogen-bond donors (Lipinski definition) is 2. The minimum Gasteiger partial charge on any atom is -0.496 e. The average Bonchev–Trinajstić information content (AvgIpc) is 2.46. The lowest BCUT2D eigenvalue weighted by Gasteiger charge is -2.17. The monoisotopic (exact) mass is 335 g/mol. The van der Waals surface area contributed by atoms with Crippen molar-refractivity contribution in [2.24, 2.45) is 5.84 Å². The molecule has 106 valence electrons. The molecule has 0 aliphatic heterocycles. The lowest BCUT2D eigenvalue weighted by molar-refractivity contribution is 0.405. The highest BCUT2D eigenvalue weighted by molar-refractivity contribution is 9.10. The van der Waals surface area contributed by atoms with Gasteiger partial charge in [-0.1, -0.05) is 17.7 Å². The van der Waals surface area contributed by atoms with E-state index in [1.165, 1.54) is 5.56 Å². The first-order valence-electron chi connectivity index (χ1n) is 6.35. The van der Waals surface area contributed by atoms with Gasteiger partial charge in [-0.2, -0.15) is 0 Å². The van der Waals surface area contributed by atoms with Gasteiger partial charge in [-0.15, -0.1) is 0 Å². The molecule has 0 saturated carbocycles. The Morgan fingerprint density at radius 2 is 2.15 bits per heavy atom. The molecular weight excluding hydrogens is 318 g/mol. The van der Waals surface area contributed by atoms with Crippen molar-refractivity contribution in [2.45, 2.75) is 19.4 Å². The first kappa shape index (κ1) is 15.0. The number of pyridine rings is 1. The van der Waals surface area contributed by atoms with E-state index in [1.807, 2.05) is 24.3 Å². The lowest BCUT2D eigenvalue weighted by atomic mass is 10.0. The molecule has 0 saturated heterocycles. The van der Waals surface area contributed by atoms with Crippen LogP contribution in [0.3, 0.4) is 0 Å². The summed E-state index contributed by atoms with van der Waals surface area (Å²) in [5.41, 5.74) is 6.03. The highest BCUT2D eigenvalue weighted by atomic mass is 79.9. The van der Waals surface area contributed by atoms with E-state index < -0.39 is 0 Å². The number of nitrogens with zero attached hydrogens (tertiary/aromatic N) is 1. The highest BCUT2D eigenvalue weighted by Crippen LogP contribution is 2.25. The predicted molar refractivity (Wildman–Crippen MR) is 83.4 cm³/mol. The molecule has 20 heavy (non-hydrogen) atoms. The molecule has 1 aromatic heterocycles. The molecule has 4 nitrogen and oxygen atoms in total. The van der Waals surface area contributed by atoms with E-state index >= 15 is 0 Å². The number of benzene rings is 1. The van der Waals surface area contributed by atoms with E-state index in [9.17, 15) is 0 Å². The number of nitrogens with one attached hydrogen (secondary N) is 1. The summed E-state index contributed by atoms with van der Waals surface area (Å²) in [7, 11) is 1.68. The van der Waals surface area contributed by atoms with E-state index in [1.54, 1.807) is 13.3 Å². The topological polar surface area (TPSA) is 60.2 Å². The van der Waals surface area contributed by atoms with Crippen LogP contribution in [0.1, 0.15) is 22.9 Å². The highest BCUT2D eigenvalue weighted by Gasteiger charge is 2.15. The summed E-state index contributed by atoms with van der Waals surface area (Å²) in [5.74, 6) is 6.55. The number of hydrazine groups is 1. The molecule has 5 heteroatoms. The molecule has 1 aromatic carbocycles. The summed E-state index contributed by atoms with van der Waals surface area (Å²) in [6.07, 6.45) is 2.49. The second-order valence-corrected chi connectivity index (χ2v) is 5.56. The molecule has 1 unspecified atom stereocenters. The fourth-order valence-electron chi connectivity index (χ4n) is 2.13. The molecular formula is C15H18BrN3O. The van der Waals surface area contributed by atoms with Crippen molar-refractivity contribution in [1.29, 1.82) is 0 Å². The van der Waals surface area contributed by atoms with E-state index in [4.69, 9.17) is 10.6 Å². The molecule has 0 aliphatic carbocycles. The number of ether oxygens (including phenoxy) is 1. The van der Waals surface area contributed by atoms with Crippen LogP contribution in [0.5, 0.6) is 5.75 Å². The van der Waals surface area contributed by atoms with Gasteiger partial charge in [0.1, 0.15) is 5.75 Å². The SMILES string of the molecule is COc1ccc(C)cc1CC(NN)c1ccc(Br)cn1. The quantitative estimate of drug-likeness (QED) is 0.651. The average molecular weight is 336 g/mol. The maximum absolute atomic E-state index is 5.68. The van der Waals surface area contributed by atoms with Gasteiger partial charge in [-0.05, 0) is 53.0 Å². The number of rotatable bonds is 5. The van der Waals surface area contributed by atoms with Gasteiger partial charge in [0.05, 0.1) is 18.8 Å². The molecule has 0 bridgehead atoms. The molecule has 3 N–H and O–H groups in total.